The van der Waals surface area contributed by atoms with Crippen molar-refractivity contribution in [3.8, 4) is 0 Å². The largest absolute Gasteiger partial charge is 0.469 e. The second-order valence-electron chi connectivity index (χ2n) is 9.91. The number of fused-ring (bicyclic) bond motifs is 2. The smallest absolute Gasteiger partial charge is 0.416 e. The Bertz CT molecular complexity index is 1490. The molecule has 0 unspecified atom stereocenters. The third kappa shape index (κ3) is 5.37. The summed E-state index contributed by atoms with van der Waals surface area (Å²) in [6.45, 7) is 0.723. The van der Waals surface area contributed by atoms with E-state index < -0.39 is 17.6 Å². The maximum Gasteiger partial charge on any atom is 0.416 e. The molecule has 38 heavy (non-hydrogen) atoms. The highest BCUT2D eigenvalue weighted by atomic mass is 19.4. The number of carbonyl (C=O) groups excluding carboxylic acids is 2. The normalized spacial score (nSPS) is 18.0. The van der Waals surface area contributed by atoms with Crippen molar-refractivity contribution < 1.29 is 27.5 Å². The van der Waals surface area contributed by atoms with Crippen LogP contribution >= 0.6 is 0 Å². The first kappa shape index (κ1) is 25.8. The predicted octanol–water partition coefficient (Wildman–Crippen LogP) is 5.97. The Morgan fingerprint density at radius 2 is 1.82 bits per heavy atom. The van der Waals surface area contributed by atoms with Gasteiger partial charge in [0.15, 0.2) is 0 Å². The summed E-state index contributed by atoms with van der Waals surface area (Å²) in [6, 6.07) is 11.5. The van der Waals surface area contributed by atoms with E-state index in [2.05, 4.69) is 10.3 Å². The maximum atomic E-state index is 13.7. The molecule has 0 saturated heterocycles. The van der Waals surface area contributed by atoms with Crippen molar-refractivity contribution in [2.24, 2.45) is 11.8 Å². The first-order valence-corrected chi connectivity index (χ1v) is 12.6. The number of methoxy groups -OCH3 is 1. The summed E-state index contributed by atoms with van der Waals surface area (Å²) in [7, 11) is 1.37. The van der Waals surface area contributed by atoms with Crippen molar-refractivity contribution >= 4 is 33.6 Å². The van der Waals surface area contributed by atoms with Gasteiger partial charge in [0.05, 0.1) is 29.7 Å². The molecule has 5 rings (SSSR count). The van der Waals surface area contributed by atoms with Crippen LogP contribution in [-0.2, 0) is 22.3 Å². The number of rotatable bonds is 6. The average molecular weight is 524 g/mol. The second kappa shape index (κ2) is 10.5. The lowest BCUT2D eigenvalue weighted by atomic mass is 9.82. The molecule has 2 aromatic heterocycles. The fourth-order valence-corrected chi connectivity index (χ4v) is 5.35. The number of alkyl halides is 3. The number of carbonyl (C=O) groups is 2. The zero-order chi connectivity index (χ0) is 26.9. The second-order valence-corrected chi connectivity index (χ2v) is 9.91. The van der Waals surface area contributed by atoms with Gasteiger partial charge in [0.2, 0.25) is 0 Å². The van der Waals surface area contributed by atoms with E-state index in [4.69, 9.17) is 4.74 Å². The van der Waals surface area contributed by atoms with Gasteiger partial charge in [-0.2, -0.15) is 13.2 Å². The highest BCUT2D eigenvalue weighted by Gasteiger charge is 2.33. The molecule has 4 aromatic rings. The van der Waals surface area contributed by atoms with Gasteiger partial charge >= 0.3 is 12.1 Å². The fourth-order valence-electron chi connectivity index (χ4n) is 5.35. The van der Waals surface area contributed by atoms with Gasteiger partial charge in [0.25, 0.3) is 5.91 Å². The standard InChI is InChI=1S/C29H28F3N3O3/c1-38-28(37)21-6-2-18(3-7-21)15-34-27(36)25-14-24(29(30,31)32)13-22-9-11-35(26(22)25)17-19-4-5-20-8-10-33-16-23(20)12-19/h4-5,8-14,16,18,21H,2-3,6-7,15,17H2,1H3,(H,34,36). The summed E-state index contributed by atoms with van der Waals surface area (Å²) in [5.74, 6) is -0.746. The van der Waals surface area contributed by atoms with Crippen molar-refractivity contribution in [1.82, 2.24) is 14.9 Å². The van der Waals surface area contributed by atoms with E-state index in [1.807, 2.05) is 28.8 Å². The van der Waals surface area contributed by atoms with Gasteiger partial charge in [-0.05, 0) is 72.9 Å². The van der Waals surface area contributed by atoms with Crippen LogP contribution in [0, 0.1) is 11.8 Å². The molecule has 9 heteroatoms. The Morgan fingerprint density at radius 3 is 2.55 bits per heavy atom. The van der Waals surface area contributed by atoms with Gasteiger partial charge in [0.1, 0.15) is 0 Å². The Balaban J connectivity index is 1.40. The van der Waals surface area contributed by atoms with Crippen LogP contribution in [0.1, 0.15) is 47.2 Å². The Kier molecular flexibility index (Phi) is 7.10. The molecule has 0 radical (unpaired) electrons. The van der Waals surface area contributed by atoms with Crippen molar-refractivity contribution in [1.29, 1.82) is 0 Å². The third-order valence-electron chi connectivity index (χ3n) is 7.42. The van der Waals surface area contributed by atoms with Crippen molar-refractivity contribution in [2.45, 2.75) is 38.4 Å². The molecular weight excluding hydrogens is 495 g/mol. The number of benzene rings is 2. The van der Waals surface area contributed by atoms with Crippen LogP contribution < -0.4 is 5.32 Å². The quantitative estimate of drug-likeness (QED) is 0.316. The minimum absolute atomic E-state index is 0.00877. The average Bonchev–Trinajstić information content (AvgIpc) is 3.33. The van der Waals surface area contributed by atoms with Crippen molar-refractivity contribution in [3.05, 3.63) is 77.7 Å². The molecular formula is C29H28F3N3O3. The van der Waals surface area contributed by atoms with Gasteiger partial charge < -0.3 is 14.6 Å². The molecule has 1 aliphatic rings. The summed E-state index contributed by atoms with van der Waals surface area (Å²) in [5, 5.41) is 5.21. The van der Waals surface area contributed by atoms with Crippen LogP contribution in [0.5, 0.6) is 0 Å². The van der Waals surface area contributed by atoms with E-state index in [-0.39, 0.29) is 23.4 Å². The lowest BCUT2D eigenvalue weighted by Crippen LogP contribution is -2.33. The van der Waals surface area contributed by atoms with Crippen LogP contribution in [0.2, 0.25) is 0 Å². The van der Waals surface area contributed by atoms with E-state index >= 15 is 0 Å². The summed E-state index contributed by atoms with van der Waals surface area (Å²) in [6.07, 6.45) is 3.44. The first-order chi connectivity index (χ1) is 18.2. The molecule has 0 atom stereocenters. The minimum Gasteiger partial charge on any atom is -0.469 e. The molecule has 0 bridgehead atoms. The number of ether oxygens (including phenoxy) is 1. The van der Waals surface area contributed by atoms with Crippen LogP contribution in [0.15, 0.2) is 61.1 Å². The molecule has 1 fully saturated rings. The zero-order valence-electron chi connectivity index (χ0n) is 20.9. The topological polar surface area (TPSA) is 73.2 Å². The number of hydrogen-bond donors (Lipinski definition) is 1. The molecule has 2 heterocycles. The molecule has 2 aromatic carbocycles. The van der Waals surface area contributed by atoms with Crippen molar-refractivity contribution in [2.75, 3.05) is 13.7 Å². The number of esters is 1. The number of amides is 1. The maximum absolute atomic E-state index is 13.7. The Hall–Kier alpha value is -3.88. The van der Waals surface area contributed by atoms with Gasteiger partial charge in [0, 0.05) is 42.5 Å². The molecule has 6 nitrogen and oxygen atoms in total. The first-order valence-electron chi connectivity index (χ1n) is 12.6. The SMILES string of the molecule is COC(=O)C1CCC(CNC(=O)c2cc(C(F)(F)F)cc3ccn(Cc4ccc5ccncc5c4)c23)CC1. The molecule has 0 spiro atoms. The van der Waals surface area contributed by atoms with E-state index in [9.17, 15) is 22.8 Å². The van der Waals surface area contributed by atoms with Crippen LogP contribution in [0.25, 0.3) is 21.7 Å². The number of aromatic nitrogens is 2. The molecule has 1 amide bonds. The molecule has 1 saturated carbocycles. The monoisotopic (exact) mass is 523 g/mol. The fraction of sp³-hybridized carbons (Fsp3) is 0.345. The molecule has 1 aliphatic carbocycles. The highest BCUT2D eigenvalue weighted by molar-refractivity contribution is 6.06. The van der Waals surface area contributed by atoms with Crippen molar-refractivity contribution in [3.63, 3.8) is 0 Å². The number of halogens is 3. The van der Waals surface area contributed by atoms with Gasteiger partial charge in [-0.15, -0.1) is 0 Å². The van der Waals surface area contributed by atoms with Gasteiger partial charge in [-0.25, -0.2) is 0 Å². The van der Waals surface area contributed by atoms with E-state index in [0.717, 1.165) is 41.3 Å². The van der Waals surface area contributed by atoms with Gasteiger partial charge in [-0.3, -0.25) is 14.6 Å². The van der Waals surface area contributed by atoms with E-state index in [1.165, 1.54) is 7.11 Å². The van der Waals surface area contributed by atoms with E-state index in [0.29, 0.717) is 36.8 Å². The summed E-state index contributed by atoms with van der Waals surface area (Å²) < 4.78 is 47.7. The summed E-state index contributed by atoms with van der Waals surface area (Å²) >= 11 is 0. The third-order valence-corrected chi connectivity index (χ3v) is 7.42. The lowest BCUT2D eigenvalue weighted by Gasteiger charge is -2.27. The number of nitrogens with zero attached hydrogens (tertiary/aromatic N) is 2. The molecule has 0 aliphatic heterocycles. The van der Waals surface area contributed by atoms with Crippen LogP contribution in [-0.4, -0.2) is 35.1 Å². The highest BCUT2D eigenvalue weighted by Crippen LogP contribution is 2.34. The summed E-state index contributed by atoms with van der Waals surface area (Å²) in [4.78, 5) is 29.2. The van der Waals surface area contributed by atoms with Gasteiger partial charge in [-0.1, -0.05) is 12.1 Å². The number of nitrogens with one attached hydrogen (secondary N) is 1. The van der Waals surface area contributed by atoms with Crippen LogP contribution in [0.3, 0.4) is 0 Å². The Labute approximate surface area is 217 Å². The Morgan fingerprint density at radius 1 is 1.03 bits per heavy atom. The predicted molar refractivity (Wildman–Crippen MR) is 138 cm³/mol. The molecule has 198 valence electrons. The summed E-state index contributed by atoms with van der Waals surface area (Å²) in [5.41, 5.74) is 0.529. The minimum atomic E-state index is -4.58. The number of pyridine rings is 1. The number of hydrogen-bond acceptors (Lipinski definition) is 4. The van der Waals surface area contributed by atoms with E-state index in [1.54, 1.807) is 24.7 Å². The lowest BCUT2D eigenvalue weighted by molar-refractivity contribution is -0.146. The van der Waals surface area contributed by atoms with Crippen LogP contribution in [0.4, 0.5) is 13.2 Å². The zero-order valence-corrected chi connectivity index (χ0v) is 20.9. The molecule has 1 N–H and O–H groups in total.